The van der Waals surface area contributed by atoms with Gasteiger partial charge in [-0.2, -0.15) is 0 Å². The number of nitrogens with zero attached hydrogens (tertiary/aromatic N) is 2. The molecule has 1 aromatic carbocycles. The van der Waals surface area contributed by atoms with Crippen LogP contribution in [0.25, 0.3) is 0 Å². The fraction of sp³-hybridized carbons (Fsp3) is 0.0769. The minimum absolute atomic E-state index is 0.0119. The highest BCUT2D eigenvalue weighted by atomic mass is 79.9. The van der Waals surface area contributed by atoms with E-state index in [0.717, 1.165) is 0 Å². The van der Waals surface area contributed by atoms with E-state index in [-0.39, 0.29) is 11.6 Å². The number of benzene rings is 1. The van der Waals surface area contributed by atoms with E-state index in [1.54, 1.807) is 25.1 Å². The maximum absolute atomic E-state index is 12.0. The molecule has 0 aliphatic carbocycles. The van der Waals surface area contributed by atoms with Gasteiger partial charge in [0.15, 0.2) is 0 Å². The van der Waals surface area contributed by atoms with Gasteiger partial charge in [0.2, 0.25) is 0 Å². The standard InChI is InChI=1S/C13H10BrN3O3/c1-8-7-9(5-6-10(8)17(19)20)13(18)16-12-4-2-3-11(14)15-12/h2-7H,1H3,(H,15,16,18). The first-order valence-corrected chi connectivity index (χ1v) is 6.45. The minimum atomic E-state index is -0.479. The normalized spacial score (nSPS) is 10.1. The Labute approximate surface area is 123 Å². The van der Waals surface area contributed by atoms with Gasteiger partial charge < -0.3 is 5.32 Å². The SMILES string of the molecule is Cc1cc(C(=O)Nc2cccc(Br)n2)ccc1[N+](=O)[O-]. The zero-order valence-electron chi connectivity index (χ0n) is 10.5. The average Bonchev–Trinajstić information content (AvgIpc) is 2.38. The van der Waals surface area contributed by atoms with Gasteiger partial charge in [-0.15, -0.1) is 0 Å². The summed E-state index contributed by atoms with van der Waals surface area (Å²) in [6.07, 6.45) is 0. The maximum atomic E-state index is 12.0. The Morgan fingerprint density at radius 1 is 1.35 bits per heavy atom. The Morgan fingerprint density at radius 3 is 2.70 bits per heavy atom. The van der Waals surface area contributed by atoms with Crippen LogP contribution in [0.5, 0.6) is 0 Å². The van der Waals surface area contributed by atoms with Crippen LogP contribution >= 0.6 is 15.9 Å². The van der Waals surface area contributed by atoms with Gasteiger partial charge in [-0.05, 0) is 47.1 Å². The molecule has 2 rings (SSSR count). The largest absolute Gasteiger partial charge is 0.307 e. The Bertz CT molecular complexity index is 688. The number of aryl methyl sites for hydroxylation is 1. The van der Waals surface area contributed by atoms with Crippen molar-refractivity contribution in [1.29, 1.82) is 0 Å². The molecule has 1 aromatic heterocycles. The smallest absolute Gasteiger partial charge is 0.272 e. The number of nitro benzene ring substituents is 1. The monoisotopic (exact) mass is 335 g/mol. The Morgan fingerprint density at radius 2 is 2.10 bits per heavy atom. The molecule has 7 heteroatoms. The number of carbonyl (C=O) groups is 1. The molecule has 0 aliphatic rings. The van der Waals surface area contributed by atoms with Crippen LogP contribution in [-0.2, 0) is 0 Å². The summed E-state index contributed by atoms with van der Waals surface area (Å²) in [5.74, 6) is 0.0361. The number of nitro groups is 1. The molecule has 0 radical (unpaired) electrons. The second-order valence-corrected chi connectivity index (χ2v) is 4.87. The van der Waals surface area contributed by atoms with Crippen LogP contribution in [0.4, 0.5) is 11.5 Å². The van der Waals surface area contributed by atoms with E-state index in [1.807, 2.05) is 0 Å². The van der Waals surface area contributed by atoms with E-state index in [9.17, 15) is 14.9 Å². The molecule has 102 valence electrons. The Hall–Kier alpha value is -2.28. The first kappa shape index (κ1) is 14.1. The lowest BCUT2D eigenvalue weighted by molar-refractivity contribution is -0.385. The lowest BCUT2D eigenvalue weighted by Gasteiger charge is -2.05. The van der Waals surface area contributed by atoms with Crippen LogP contribution in [0.2, 0.25) is 0 Å². The van der Waals surface area contributed by atoms with Gasteiger partial charge in [0.1, 0.15) is 10.4 Å². The molecule has 1 amide bonds. The summed E-state index contributed by atoms with van der Waals surface area (Å²) in [6.45, 7) is 1.59. The Kier molecular flexibility index (Phi) is 4.09. The molecule has 0 bridgehead atoms. The van der Waals surface area contributed by atoms with Gasteiger partial charge >= 0.3 is 0 Å². The zero-order valence-corrected chi connectivity index (χ0v) is 12.0. The van der Waals surface area contributed by atoms with Crippen molar-refractivity contribution in [1.82, 2.24) is 4.98 Å². The molecule has 0 saturated heterocycles. The fourth-order valence-corrected chi connectivity index (χ4v) is 2.01. The van der Waals surface area contributed by atoms with Crippen LogP contribution in [-0.4, -0.2) is 15.8 Å². The molecular weight excluding hydrogens is 326 g/mol. The summed E-state index contributed by atoms with van der Waals surface area (Å²) in [5, 5.41) is 13.3. The molecular formula is C13H10BrN3O3. The predicted molar refractivity (Wildman–Crippen MR) is 77.7 cm³/mol. The summed E-state index contributed by atoms with van der Waals surface area (Å²) >= 11 is 3.21. The molecule has 2 aromatic rings. The lowest BCUT2D eigenvalue weighted by Crippen LogP contribution is -2.13. The van der Waals surface area contributed by atoms with Crippen molar-refractivity contribution in [3.8, 4) is 0 Å². The number of pyridine rings is 1. The summed E-state index contributed by atoms with van der Waals surface area (Å²) in [4.78, 5) is 26.3. The first-order chi connectivity index (χ1) is 9.47. The molecule has 1 heterocycles. The van der Waals surface area contributed by atoms with Gasteiger partial charge in [-0.3, -0.25) is 14.9 Å². The zero-order chi connectivity index (χ0) is 14.7. The van der Waals surface area contributed by atoms with Crippen molar-refractivity contribution in [2.45, 2.75) is 6.92 Å². The van der Waals surface area contributed by atoms with Crippen molar-refractivity contribution < 1.29 is 9.72 Å². The first-order valence-electron chi connectivity index (χ1n) is 5.66. The minimum Gasteiger partial charge on any atom is -0.307 e. The highest BCUT2D eigenvalue weighted by molar-refractivity contribution is 9.10. The third kappa shape index (κ3) is 3.18. The molecule has 0 unspecified atom stereocenters. The van der Waals surface area contributed by atoms with Crippen LogP contribution in [0.3, 0.4) is 0 Å². The molecule has 0 atom stereocenters. The van der Waals surface area contributed by atoms with Crippen molar-refractivity contribution in [3.63, 3.8) is 0 Å². The topological polar surface area (TPSA) is 85.1 Å². The maximum Gasteiger partial charge on any atom is 0.272 e. The highest BCUT2D eigenvalue weighted by Gasteiger charge is 2.14. The van der Waals surface area contributed by atoms with E-state index < -0.39 is 4.92 Å². The van der Waals surface area contributed by atoms with Gasteiger partial charge in [0, 0.05) is 17.2 Å². The lowest BCUT2D eigenvalue weighted by atomic mass is 10.1. The molecule has 20 heavy (non-hydrogen) atoms. The van der Waals surface area contributed by atoms with E-state index in [2.05, 4.69) is 26.2 Å². The summed E-state index contributed by atoms with van der Waals surface area (Å²) in [6, 6.07) is 9.35. The number of hydrogen-bond acceptors (Lipinski definition) is 4. The molecule has 6 nitrogen and oxygen atoms in total. The highest BCUT2D eigenvalue weighted by Crippen LogP contribution is 2.19. The summed E-state index contributed by atoms with van der Waals surface area (Å²) in [7, 11) is 0. The van der Waals surface area contributed by atoms with Crippen LogP contribution < -0.4 is 5.32 Å². The number of carbonyl (C=O) groups excluding carboxylic acids is 1. The van der Waals surface area contributed by atoms with Gasteiger partial charge in [-0.25, -0.2) is 4.98 Å². The number of anilines is 1. The summed E-state index contributed by atoms with van der Waals surface area (Å²) in [5.41, 5.74) is 0.766. The average molecular weight is 336 g/mol. The van der Waals surface area contributed by atoms with Crippen molar-refractivity contribution in [3.05, 3.63) is 62.2 Å². The van der Waals surface area contributed by atoms with Crippen LogP contribution in [0.15, 0.2) is 41.0 Å². The van der Waals surface area contributed by atoms with Crippen LogP contribution in [0.1, 0.15) is 15.9 Å². The summed E-state index contributed by atoms with van der Waals surface area (Å²) < 4.78 is 0.607. The molecule has 0 fully saturated rings. The molecule has 0 aliphatic heterocycles. The van der Waals surface area contributed by atoms with E-state index in [0.29, 0.717) is 21.5 Å². The number of nitrogens with one attached hydrogen (secondary N) is 1. The number of amides is 1. The number of rotatable bonds is 3. The quantitative estimate of drug-likeness (QED) is 0.529. The number of hydrogen-bond donors (Lipinski definition) is 1. The number of halogens is 1. The van der Waals surface area contributed by atoms with Crippen molar-refractivity contribution in [2.75, 3.05) is 5.32 Å². The van der Waals surface area contributed by atoms with Gasteiger partial charge in [-0.1, -0.05) is 6.07 Å². The molecule has 0 spiro atoms. The third-order valence-electron chi connectivity index (χ3n) is 2.61. The van der Waals surface area contributed by atoms with E-state index in [4.69, 9.17) is 0 Å². The molecule has 1 N–H and O–H groups in total. The van der Waals surface area contributed by atoms with E-state index >= 15 is 0 Å². The second kappa shape index (κ2) is 5.79. The molecule has 0 saturated carbocycles. The Balaban J connectivity index is 2.22. The van der Waals surface area contributed by atoms with Crippen molar-refractivity contribution in [2.24, 2.45) is 0 Å². The third-order valence-corrected chi connectivity index (χ3v) is 3.05. The fourth-order valence-electron chi connectivity index (χ4n) is 1.67. The second-order valence-electron chi connectivity index (χ2n) is 4.06. The number of aromatic nitrogens is 1. The van der Waals surface area contributed by atoms with Crippen molar-refractivity contribution >= 4 is 33.3 Å². The predicted octanol–water partition coefficient (Wildman–Crippen LogP) is 3.31. The van der Waals surface area contributed by atoms with Gasteiger partial charge in [0.05, 0.1) is 4.92 Å². The van der Waals surface area contributed by atoms with Gasteiger partial charge in [0.25, 0.3) is 11.6 Å². The van der Waals surface area contributed by atoms with E-state index in [1.165, 1.54) is 18.2 Å². The van der Waals surface area contributed by atoms with Crippen LogP contribution in [0, 0.1) is 17.0 Å².